The van der Waals surface area contributed by atoms with Gasteiger partial charge < -0.3 is 4.74 Å². The topological polar surface area (TPSA) is 35.5 Å². The van der Waals surface area contributed by atoms with Crippen molar-refractivity contribution < 1.29 is 13.8 Å². The van der Waals surface area contributed by atoms with Crippen molar-refractivity contribution in [3.63, 3.8) is 0 Å². The fraction of sp³-hybridized carbons (Fsp3) is 0.364. The zero-order chi connectivity index (χ0) is 11.1. The maximum Gasteiger partial charge on any atom is 0.305 e. The average molecular weight is 229 g/mol. The molecule has 0 saturated heterocycles. The Balaban J connectivity index is 2.45. The molecule has 0 aliphatic carbocycles. The van der Waals surface area contributed by atoms with Gasteiger partial charge in [-0.05, 0) is 17.5 Å². The first kappa shape index (κ1) is 12.0. The minimum absolute atomic E-state index is 0.192. The van der Waals surface area contributed by atoms with Crippen molar-refractivity contribution in [2.24, 2.45) is 0 Å². The van der Waals surface area contributed by atoms with Crippen molar-refractivity contribution in [1.82, 2.24) is 0 Å². The number of methoxy groups -OCH3 is 1. The number of rotatable bonds is 5. The van der Waals surface area contributed by atoms with Crippen LogP contribution in [-0.4, -0.2) is 13.1 Å². The third-order valence-corrected chi connectivity index (χ3v) is 2.20. The van der Waals surface area contributed by atoms with Crippen molar-refractivity contribution in [3.05, 3.63) is 35.4 Å². The summed E-state index contributed by atoms with van der Waals surface area (Å²) in [5, 5.41) is 0. The summed E-state index contributed by atoms with van der Waals surface area (Å²) in [5.74, 6) is -0.192. The number of aryl methyl sites for hydroxylation is 1. The molecule has 0 atom stereocenters. The molecule has 0 heterocycles. The van der Waals surface area contributed by atoms with E-state index in [9.17, 15) is 4.79 Å². The summed E-state index contributed by atoms with van der Waals surface area (Å²) in [7, 11) is 1.39. The molecule has 0 radical (unpaired) electrons. The lowest BCUT2D eigenvalue weighted by molar-refractivity contribution is -0.140. The molecule has 1 rings (SSSR count). The molecule has 4 heteroatoms. The highest BCUT2D eigenvalue weighted by Gasteiger charge is 2.01. The maximum atomic E-state index is 10.9. The highest BCUT2D eigenvalue weighted by Crippen LogP contribution is 2.08. The van der Waals surface area contributed by atoms with Crippen LogP contribution in [0.4, 0.5) is 0 Å². The first-order valence-electron chi connectivity index (χ1n) is 4.64. The predicted molar refractivity (Wildman–Crippen MR) is 57.4 cm³/mol. The van der Waals surface area contributed by atoms with Gasteiger partial charge in [0.15, 0.2) is 0 Å². The molecule has 0 N–H and O–H groups in total. The fourth-order valence-electron chi connectivity index (χ4n) is 1.21. The normalized spacial score (nSPS) is 10.0. The van der Waals surface area contributed by atoms with Crippen LogP contribution in [0.3, 0.4) is 0 Å². The highest BCUT2D eigenvalue weighted by atomic mass is 35.5. The Labute approximate surface area is 94.1 Å². The van der Waals surface area contributed by atoms with Crippen LogP contribution in [-0.2, 0) is 26.8 Å². The van der Waals surface area contributed by atoms with Gasteiger partial charge in [0.05, 0.1) is 25.6 Å². The van der Waals surface area contributed by atoms with Gasteiger partial charge in [0.25, 0.3) is 0 Å². The van der Waals surface area contributed by atoms with E-state index in [2.05, 4.69) is 9.03 Å². The monoisotopic (exact) mass is 228 g/mol. The summed E-state index contributed by atoms with van der Waals surface area (Å²) in [6.45, 7) is 0.388. The van der Waals surface area contributed by atoms with Gasteiger partial charge in [0, 0.05) is 6.42 Å². The Kier molecular flexibility index (Phi) is 5.15. The lowest BCUT2D eigenvalue weighted by Crippen LogP contribution is -2.01. The minimum atomic E-state index is -0.192. The predicted octanol–water partition coefficient (Wildman–Crippen LogP) is 2.46. The van der Waals surface area contributed by atoms with E-state index >= 15 is 0 Å². The molecule has 0 bridgehead atoms. The zero-order valence-electron chi connectivity index (χ0n) is 8.53. The second-order valence-corrected chi connectivity index (χ2v) is 3.36. The van der Waals surface area contributed by atoms with Gasteiger partial charge in [-0.25, -0.2) is 0 Å². The van der Waals surface area contributed by atoms with E-state index in [0.29, 0.717) is 19.4 Å². The van der Waals surface area contributed by atoms with Gasteiger partial charge in [-0.1, -0.05) is 24.3 Å². The van der Waals surface area contributed by atoms with E-state index in [0.717, 1.165) is 11.1 Å². The van der Waals surface area contributed by atoms with Crippen LogP contribution in [0, 0.1) is 0 Å². The molecule has 15 heavy (non-hydrogen) atoms. The van der Waals surface area contributed by atoms with Crippen LogP contribution >= 0.6 is 11.9 Å². The molecule has 0 aliphatic rings. The molecular formula is C11H13ClO3. The number of hydrogen-bond acceptors (Lipinski definition) is 3. The first-order valence-corrected chi connectivity index (χ1v) is 4.95. The highest BCUT2D eigenvalue weighted by molar-refractivity contribution is 6.07. The largest absolute Gasteiger partial charge is 0.469 e. The Morgan fingerprint density at radius 3 is 2.40 bits per heavy atom. The molecule has 0 spiro atoms. The van der Waals surface area contributed by atoms with Gasteiger partial charge in [-0.3, -0.25) is 9.08 Å². The van der Waals surface area contributed by atoms with Crippen LogP contribution < -0.4 is 0 Å². The lowest BCUT2D eigenvalue weighted by atomic mass is 10.1. The zero-order valence-corrected chi connectivity index (χ0v) is 9.29. The molecule has 0 fully saturated rings. The molecule has 0 saturated carbocycles. The summed E-state index contributed by atoms with van der Waals surface area (Å²) >= 11 is 5.14. The summed E-state index contributed by atoms with van der Waals surface area (Å²) in [6, 6.07) is 7.76. The Morgan fingerprint density at radius 1 is 1.27 bits per heavy atom. The van der Waals surface area contributed by atoms with Crippen molar-refractivity contribution in [1.29, 1.82) is 0 Å². The van der Waals surface area contributed by atoms with E-state index < -0.39 is 0 Å². The van der Waals surface area contributed by atoms with Gasteiger partial charge in [0.1, 0.15) is 0 Å². The molecule has 0 aromatic heterocycles. The van der Waals surface area contributed by atoms with E-state index in [1.165, 1.54) is 7.11 Å². The summed E-state index contributed by atoms with van der Waals surface area (Å²) in [5.41, 5.74) is 2.10. The van der Waals surface area contributed by atoms with Crippen molar-refractivity contribution in [2.75, 3.05) is 7.11 Å². The van der Waals surface area contributed by atoms with Crippen molar-refractivity contribution >= 4 is 17.8 Å². The van der Waals surface area contributed by atoms with Crippen LogP contribution in [0.15, 0.2) is 24.3 Å². The Bertz CT molecular complexity index is 308. The number of carbonyl (C=O) groups is 1. The summed E-state index contributed by atoms with van der Waals surface area (Å²) in [6.07, 6.45) is 1.09. The smallest absolute Gasteiger partial charge is 0.305 e. The molecule has 0 unspecified atom stereocenters. The number of hydrogen-bond donors (Lipinski definition) is 0. The Hall–Kier alpha value is -1.06. The van der Waals surface area contributed by atoms with E-state index in [4.69, 9.17) is 11.9 Å². The molecular weight excluding hydrogens is 216 g/mol. The van der Waals surface area contributed by atoms with Crippen molar-refractivity contribution in [3.8, 4) is 0 Å². The molecule has 3 nitrogen and oxygen atoms in total. The third kappa shape index (κ3) is 4.32. The first-order chi connectivity index (χ1) is 7.26. The second kappa shape index (κ2) is 6.43. The molecule has 1 aromatic rings. The van der Waals surface area contributed by atoms with Crippen LogP contribution in [0.25, 0.3) is 0 Å². The van der Waals surface area contributed by atoms with E-state index in [-0.39, 0.29) is 5.97 Å². The fourth-order valence-corrected chi connectivity index (χ4v) is 1.34. The van der Waals surface area contributed by atoms with Gasteiger partial charge in [-0.2, -0.15) is 0 Å². The quantitative estimate of drug-likeness (QED) is 0.727. The van der Waals surface area contributed by atoms with Crippen molar-refractivity contribution in [2.45, 2.75) is 19.4 Å². The minimum Gasteiger partial charge on any atom is -0.469 e. The number of carbonyl (C=O) groups excluding carboxylic acids is 1. The molecule has 82 valence electrons. The maximum absolute atomic E-state index is 10.9. The number of ether oxygens (including phenoxy) is 1. The number of halogens is 1. The van der Waals surface area contributed by atoms with E-state index in [1.54, 1.807) is 0 Å². The number of esters is 1. The van der Waals surface area contributed by atoms with E-state index in [1.807, 2.05) is 24.3 Å². The molecule has 1 aromatic carbocycles. The van der Waals surface area contributed by atoms with Crippen LogP contribution in [0.5, 0.6) is 0 Å². The van der Waals surface area contributed by atoms with Gasteiger partial charge >= 0.3 is 5.97 Å². The number of benzene rings is 1. The average Bonchev–Trinajstić information content (AvgIpc) is 2.28. The summed E-state index contributed by atoms with van der Waals surface area (Å²) < 4.78 is 9.04. The molecule has 0 amide bonds. The van der Waals surface area contributed by atoms with Gasteiger partial charge in [-0.15, -0.1) is 0 Å². The lowest BCUT2D eigenvalue weighted by Gasteiger charge is -2.02. The second-order valence-electron chi connectivity index (χ2n) is 3.15. The molecule has 0 aliphatic heterocycles. The van der Waals surface area contributed by atoms with Crippen LogP contribution in [0.2, 0.25) is 0 Å². The third-order valence-electron chi connectivity index (χ3n) is 2.09. The standard InChI is InChI=1S/C11H13ClO3/c1-14-11(13)7-6-9-2-4-10(5-3-9)8-15-12/h2-5H,6-8H2,1H3. The van der Waals surface area contributed by atoms with Gasteiger partial charge in [0.2, 0.25) is 0 Å². The van der Waals surface area contributed by atoms with Crippen LogP contribution in [0.1, 0.15) is 17.5 Å². The SMILES string of the molecule is COC(=O)CCc1ccc(COCl)cc1. The summed E-state index contributed by atoms with van der Waals surface area (Å²) in [4.78, 5) is 10.9. The Morgan fingerprint density at radius 2 is 1.87 bits per heavy atom.